The Kier molecular flexibility index (Phi) is 3.28. The van der Waals surface area contributed by atoms with Crippen LogP contribution in [0.25, 0.3) is 0 Å². The molecule has 2 saturated heterocycles. The first-order chi connectivity index (χ1) is 8.65. The van der Waals surface area contributed by atoms with Crippen LogP contribution in [-0.4, -0.2) is 46.5 Å². The molecule has 0 saturated carbocycles. The second kappa shape index (κ2) is 4.78. The maximum Gasteiger partial charge on any atom is 0.205 e. The molecule has 0 radical (unpaired) electrons. The third-order valence-electron chi connectivity index (χ3n) is 4.37. The molecule has 5 heteroatoms. The van der Waals surface area contributed by atoms with Gasteiger partial charge in [0.25, 0.3) is 0 Å². The van der Waals surface area contributed by atoms with Gasteiger partial charge in [0.15, 0.2) is 0 Å². The highest BCUT2D eigenvalue weighted by molar-refractivity contribution is 7.09. The van der Waals surface area contributed by atoms with E-state index in [0.717, 1.165) is 30.1 Å². The van der Waals surface area contributed by atoms with Crippen LogP contribution in [0.1, 0.15) is 44.9 Å². The summed E-state index contributed by atoms with van der Waals surface area (Å²) in [5.41, 5.74) is 0. The summed E-state index contributed by atoms with van der Waals surface area (Å²) in [4.78, 5) is 9.72. The van der Waals surface area contributed by atoms with Crippen molar-refractivity contribution in [3.05, 3.63) is 5.82 Å². The number of aromatic nitrogens is 2. The average molecular weight is 266 g/mol. The van der Waals surface area contributed by atoms with Gasteiger partial charge in [-0.25, -0.2) is 4.98 Å². The molecule has 2 fully saturated rings. The van der Waals surface area contributed by atoms with Gasteiger partial charge in [0.2, 0.25) is 5.13 Å². The molecule has 4 nitrogen and oxygen atoms in total. The average Bonchev–Trinajstić information content (AvgIpc) is 2.86. The molecular formula is C13H22N4S. The second-order valence-electron chi connectivity index (χ2n) is 5.88. The number of rotatable bonds is 2. The highest BCUT2D eigenvalue weighted by Gasteiger charge is 2.35. The molecule has 0 aliphatic carbocycles. The van der Waals surface area contributed by atoms with Crippen molar-refractivity contribution < 1.29 is 0 Å². The number of anilines is 1. The van der Waals surface area contributed by atoms with E-state index in [1.54, 1.807) is 11.5 Å². The topological polar surface area (TPSA) is 32.3 Å². The third-order valence-corrected chi connectivity index (χ3v) is 5.16. The maximum absolute atomic E-state index is 4.70. The Morgan fingerprint density at radius 3 is 2.72 bits per heavy atom. The summed E-state index contributed by atoms with van der Waals surface area (Å²) < 4.78 is 4.48. The minimum Gasteiger partial charge on any atom is -0.345 e. The number of likely N-dealkylation sites (N-methyl/N-ethyl adjacent to an activating group) is 1. The number of hydrogen-bond donors (Lipinski definition) is 0. The largest absolute Gasteiger partial charge is 0.345 e. The Morgan fingerprint density at radius 2 is 2.00 bits per heavy atom. The van der Waals surface area contributed by atoms with E-state index in [1.165, 1.54) is 19.3 Å². The van der Waals surface area contributed by atoms with Crippen molar-refractivity contribution in [1.82, 2.24) is 14.3 Å². The summed E-state index contributed by atoms with van der Waals surface area (Å²) in [6.07, 6.45) is 3.99. The van der Waals surface area contributed by atoms with E-state index in [9.17, 15) is 0 Å². The zero-order valence-corrected chi connectivity index (χ0v) is 12.3. The summed E-state index contributed by atoms with van der Waals surface area (Å²) in [5.74, 6) is 1.43. The molecule has 0 spiro atoms. The smallest absolute Gasteiger partial charge is 0.205 e. The first kappa shape index (κ1) is 12.4. The molecule has 2 bridgehead atoms. The predicted octanol–water partition coefficient (Wildman–Crippen LogP) is 2.33. The molecule has 1 aromatic rings. The maximum atomic E-state index is 4.70. The lowest BCUT2D eigenvalue weighted by Gasteiger charge is -2.24. The van der Waals surface area contributed by atoms with Gasteiger partial charge in [-0.1, -0.05) is 13.8 Å². The Morgan fingerprint density at radius 1 is 1.22 bits per heavy atom. The van der Waals surface area contributed by atoms with Crippen LogP contribution < -0.4 is 4.90 Å². The molecule has 2 atom stereocenters. The molecule has 18 heavy (non-hydrogen) atoms. The van der Waals surface area contributed by atoms with Crippen LogP contribution in [-0.2, 0) is 0 Å². The molecule has 1 aromatic heterocycles. The van der Waals surface area contributed by atoms with Crippen LogP contribution in [0.2, 0.25) is 0 Å². The monoisotopic (exact) mass is 266 g/mol. The lowest BCUT2D eigenvalue weighted by Crippen LogP contribution is -2.36. The van der Waals surface area contributed by atoms with Gasteiger partial charge in [0.1, 0.15) is 5.82 Å². The molecule has 0 amide bonds. The molecule has 0 unspecified atom stereocenters. The fourth-order valence-corrected chi connectivity index (χ4v) is 3.91. The lowest BCUT2D eigenvalue weighted by molar-refractivity contribution is 0.254. The third kappa shape index (κ3) is 2.14. The summed E-state index contributed by atoms with van der Waals surface area (Å²) in [6.45, 7) is 6.58. The van der Waals surface area contributed by atoms with Crippen LogP contribution in [0.15, 0.2) is 0 Å². The summed E-state index contributed by atoms with van der Waals surface area (Å²) in [6, 6.07) is 1.50. The van der Waals surface area contributed by atoms with Gasteiger partial charge in [0.05, 0.1) is 0 Å². The highest BCUT2D eigenvalue weighted by Crippen LogP contribution is 2.31. The van der Waals surface area contributed by atoms with Crippen molar-refractivity contribution >= 4 is 16.7 Å². The van der Waals surface area contributed by atoms with Crippen LogP contribution in [0.5, 0.6) is 0 Å². The summed E-state index contributed by atoms with van der Waals surface area (Å²) in [7, 11) is 2.28. The van der Waals surface area contributed by atoms with Crippen molar-refractivity contribution in [2.24, 2.45) is 0 Å². The molecular weight excluding hydrogens is 244 g/mol. The zero-order chi connectivity index (χ0) is 12.7. The number of hydrogen-bond acceptors (Lipinski definition) is 5. The van der Waals surface area contributed by atoms with Gasteiger partial charge >= 0.3 is 0 Å². The summed E-state index contributed by atoms with van der Waals surface area (Å²) in [5, 5.41) is 1.12. The highest BCUT2D eigenvalue weighted by atomic mass is 32.1. The Bertz CT molecular complexity index is 417. The first-order valence-corrected chi connectivity index (χ1v) is 7.73. The molecule has 3 rings (SSSR count). The number of fused-ring (bicyclic) bond motifs is 2. The van der Waals surface area contributed by atoms with E-state index in [1.807, 2.05) is 0 Å². The standard InChI is InChI=1S/C13H22N4S/c1-9(2)12-14-13(18-15-12)17-7-6-10-4-5-11(8-17)16(10)3/h9-11H,4-8H2,1-3H3/t10-,11+/m1/s1. The van der Waals surface area contributed by atoms with Crippen molar-refractivity contribution in [2.45, 2.75) is 51.1 Å². The minimum atomic E-state index is 0.432. The minimum absolute atomic E-state index is 0.432. The zero-order valence-electron chi connectivity index (χ0n) is 11.5. The van der Waals surface area contributed by atoms with E-state index >= 15 is 0 Å². The van der Waals surface area contributed by atoms with Crippen LogP contribution in [0, 0.1) is 0 Å². The second-order valence-corrected chi connectivity index (χ2v) is 6.61. The van der Waals surface area contributed by atoms with Crippen molar-refractivity contribution in [3.8, 4) is 0 Å². The first-order valence-electron chi connectivity index (χ1n) is 6.95. The molecule has 2 aliphatic heterocycles. The van der Waals surface area contributed by atoms with E-state index in [0.29, 0.717) is 12.0 Å². The Hall–Kier alpha value is -0.680. The van der Waals surface area contributed by atoms with Gasteiger partial charge in [-0.3, -0.25) is 4.90 Å². The van der Waals surface area contributed by atoms with Crippen molar-refractivity contribution in [3.63, 3.8) is 0 Å². The van der Waals surface area contributed by atoms with E-state index in [2.05, 4.69) is 35.1 Å². The molecule has 3 heterocycles. The fraction of sp³-hybridized carbons (Fsp3) is 0.846. The SMILES string of the molecule is CC(C)c1nsc(N2CC[C@H]3CC[C@@H](C2)N3C)n1. The van der Waals surface area contributed by atoms with Gasteiger partial charge in [-0.15, -0.1) is 0 Å². The van der Waals surface area contributed by atoms with Gasteiger partial charge in [-0.05, 0) is 26.3 Å². The Balaban J connectivity index is 1.76. The van der Waals surface area contributed by atoms with Gasteiger partial charge in [0, 0.05) is 42.6 Å². The molecule has 2 aliphatic rings. The Labute approximate surface area is 113 Å². The van der Waals surface area contributed by atoms with Crippen LogP contribution >= 0.6 is 11.5 Å². The summed E-state index contributed by atoms with van der Waals surface area (Å²) >= 11 is 1.57. The van der Waals surface area contributed by atoms with E-state index in [-0.39, 0.29) is 0 Å². The fourth-order valence-electron chi connectivity index (χ4n) is 3.07. The predicted molar refractivity (Wildman–Crippen MR) is 75.4 cm³/mol. The van der Waals surface area contributed by atoms with E-state index < -0.39 is 0 Å². The van der Waals surface area contributed by atoms with Gasteiger partial charge in [-0.2, -0.15) is 4.37 Å². The van der Waals surface area contributed by atoms with E-state index in [4.69, 9.17) is 4.98 Å². The lowest BCUT2D eigenvalue weighted by atomic mass is 10.1. The van der Waals surface area contributed by atoms with Crippen LogP contribution in [0.4, 0.5) is 5.13 Å². The molecule has 0 aromatic carbocycles. The molecule has 0 N–H and O–H groups in total. The van der Waals surface area contributed by atoms with Gasteiger partial charge < -0.3 is 4.90 Å². The van der Waals surface area contributed by atoms with Crippen LogP contribution in [0.3, 0.4) is 0 Å². The number of nitrogens with zero attached hydrogens (tertiary/aromatic N) is 4. The van der Waals surface area contributed by atoms with Crippen molar-refractivity contribution in [1.29, 1.82) is 0 Å². The molecule has 100 valence electrons. The van der Waals surface area contributed by atoms with Crippen molar-refractivity contribution in [2.75, 3.05) is 25.0 Å². The normalized spacial score (nSPS) is 29.0. The quantitative estimate of drug-likeness (QED) is 0.822.